The normalized spacial score (nSPS) is 11.9. The fourth-order valence-corrected chi connectivity index (χ4v) is 3.00. The Kier molecular flexibility index (Phi) is 8.26. The smallest absolute Gasteiger partial charge is 0.249 e. The van der Waals surface area contributed by atoms with Crippen molar-refractivity contribution in [3.8, 4) is 11.5 Å². The van der Waals surface area contributed by atoms with Crippen molar-refractivity contribution in [1.29, 1.82) is 0 Å². The first kappa shape index (κ1) is 22.5. The molecule has 0 aliphatic rings. The van der Waals surface area contributed by atoms with E-state index in [1.54, 1.807) is 33.5 Å². The highest BCUT2D eigenvalue weighted by Gasteiger charge is 2.16. The van der Waals surface area contributed by atoms with Gasteiger partial charge in [0.2, 0.25) is 11.9 Å². The van der Waals surface area contributed by atoms with E-state index in [-0.39, 0.29) is 5.91 Å². The topological polar surface area (TPSA) is 112 Å². The molecule has 1 aromatic heterocycles. The molecule has 9 nitrogen and oxygen atoms in total. The Morgan fingerprint density at radius 3 is 2.52 bits per heavy atom. The zero-order valence-electron chi connectivity index (χ0n) is 17.8. The van der Waals surface area contributed by atoms with Crippen LogP contribution in [-0.2, 0) is 9.53 Å². The number of nitrogens with two attached hydrogens (primary N) is 1. The van der Waals surface area contributed by atoms with Gasteiger partial charge < -0.3 is 30.2 Å². The van der Waals surface area contributed by atoms with Crippen LogP contribution in [0.25, 0.3) is 10.9 Å². The van der Waals surface area contributed by atoms with Gasteiger partial charge in [0.05, 0.1) is 19.7 Å². The molecule has 2 aromatic rings. The highest BCUT2D eigenvalue weighted by molar-refractivity contribution is 5.91. The maximum Gasteiger partial charge on any atom is 0.249 e. The largest absolute Gasteiger partial charge is 0.493 e. The van der Waals surface area contributed by atoms with Gasteiger partial charge in [-0.3, -0.25) is 4.79 Å². The van der Waals surface area contributed by atoms with E-state index in [1.165, 1.54) is 0 Å². The van der Waals surface area contributed by atoms with Crippen molar-refractivity contribution in [2.45, 2.75) is 32.3 Å². The molecular weight excluding hydrogens is 374 g/mol. The number of methoxy groups -OCH3 is 3. The van der Waals surface area contributed by atoms with Crippen LogP contribution in [0.4, 0.5) is 11.8 Å². The zero-order valence-corrected chi connectivity index (χ0v) is 17.8. The summed E-state index contributed by atoms with van der Waals surface area (Å²) in [5, 5.41) is 3.61. The molecule has 0 radical (unpaired) electrons. The predicted octanol–water partition coefficient (Wildman–Crippen LogP) is 1.99. The Morgan fingerprint density at radius 2 is 1.90 bits per heavy atom. The number of amides is 1. The monoisotopic (exact) mass is 405 g/mol. The van der Waals surface area contributed by atoms with Gasteiger partial charge in [0.1, 0.15) is 11.9 Å². The minimum absolute atomic E-state index is 0.0794. The molecule has 1 unspecified atom stereocenters. The van der Waals surface area contributed by atoms with Gasteiger partial charge in [0.25, 0.3) is 0 Å². The summed E-state index contributed by atoms with van der Waals surface area (Å²) in [7, 11) is 6.58. The number of hydrogen-bond acceptors (Lipinski definition) is 8. The first-order valence-electron chi connectivity index (χ1n) is 9.66. The number of nitrogen functional groups attached to an aromatic ring is 1. The molecule has 160 valence electrons. The van der Waals surface area contributed by atoms with Crippen molar-refractivity contribution in [2.24, 2.45) is 0 Å². The lowest BCUT2D eigenvalue weighted by Gasteiger charge is -2.19. The van der Waals surface area contributed by atoms with E-state index in [1.807, 2.05) is 18.9 Å². The van der Waals surface area contributed by atoms with E-state index in [9.17, 15) is 4.79 Å². The van der Waals surface area contributed by atoms with Crippen LogP contribution >= 0.6 is 0 Å². The third-order valence-corrected chi connectivity index (χ3v) is 4.66. The second kappa shape index (κ2) is 10.7. The van der Waals surface area contributed by atoms with Gasteiger partial charge >= 0.3 is 0 Å². The molecule has 0 spiro atoms. The molecule has 0 saturated heterocycles. The van der Waals surface area contributed by atoms with Crippen molar-refractivity contribution >= 4 is 28.6 Å². The lowest BCUT2D eigenvalue weighted by atomic mass is 10.2. The van der Waals surface area contributed by atoms with E-state index >= 15 is 0 Å². The average molecular weight is 405 g/mol. The third-order valence-electron chi connectivity index (χ3n) is 4.66. The lowest BCUT2D eigenvalue weighted by molar-refractivity contribution is -0.131. The van der Waals surface area contributed by atoms with E-state index in [4.69, 9.17) is 19.9 Å². The third kappa shape index (κ3) is 5.60. The van der Waals surface area contributed by atoms with Crippen LogP contribution in [-0.4, -0.2) is 63.4 Å². The number of rotatable bonds is 11. The molecule has 1 heterocycles. The SMILES string of the molecule is CCCC(OC)C(=O)NCCCN(C)c1nc(N)c2cc(OC)c(OC)cc2n1. The molecule has 0 saturated carbocycles. The summed E-state index contributed by atoms with van der Waals surface area (Å²) in [6, 6.07) is 3.55. The van der Waals surface area contributed by atoms with Crippen LogP contribution in [0.3, 0.4) is 0 Å². The summed E-state index contributed by atoms with van der Waals surface area (Å²) in [6.07, 6.45) is 1.94. The van der Waals surface area contributed by atoms with Gasteiger partial charge in [-0.05, 0) is 18.9 Å². The number of ether oxygens (including phenoxy) is 3. The Hall–Kier alpha value is -2.81. The molecule has 1 aromatic carbocycles. The van der Waals surface area contributed by atoms with E-state index in [0.717, 1.165) is 12.8 Å². The second-order valence-electron chi connectivity index (χ2n) is 6.71. The van der Waals surface area contributed by atoms with Gasteiger partial charge in [-0.25, -0.2) is 4.98 Å². The number of nitrogens with zero attached hydrogens (tertiary/aromatic N) is 3. The van der Waals surface area contributed by atoms with Crippen molar-refractivity contribution in [3.05, 3.63) is 12.1 Å². The summed E-state index contributed by atoms with van der Waals surface area (Å²) in [5.74, 6) is 1.95. The highest BCUT2D eigenvalue weighted by atomic mass is 16.5. The molecule has 3 N–H and O–H groups in total. The molecule has 9 heteroatoms. The molecule has 1 atom stereocenters. The fraction of sp³-hybridized carbons (Fsp3) is 0.550. The summed E-state index contributed by atoms with van der Waals surface area (Å²) in [5.41, 5.74) is 6.81. The second-order valence-corrected chi connectivity index (χ2v) is 6.71. The number of nitrogens with one attached hydrogen (secondary N) is 1. The fourth-order valence-electron chi connectivity index (χ4n) is 3.00. The minimum atomic E-state index is -0.395. The Labute approximate surface area is 171 Å². The van der Waals surface area contributed by atoms with Crippen LogP contribution < -0.4 is 25.4 Å². The zero-order chi connectivity index (χ0) is 21.4. The number of fused-ring (bicyclic) bond motifs is 1. The van der Waals surface area contributed by atoms with Crippen molar-refractivity contribution in [1.82, 2.24) is 15.3 Å². The Balaban J connectivity index is 2.02. The maximum absolute atomic E-state index is 12.1. The van der Waals surface area contributed by atoms with Crippen molar-refractivity contribution < 1.29 is 19.0 Å². The Morgan fingerprint density at radius 1 is 1.21 bits per heavy atom. The number of benzene rings is 1. The van der Waals surface area contributed by atoms with E-state index in [0.29, 0.717) is 53.7 Å². The van der Waals surface area contributed by atoms with E-state index in [2.05, 4.69) is 15.3 Å². The minimum Gasteiger partial charge on any atom is -0.493 e. The highest BCUT2D eigenvalue weighted by Crippen LogP contribution is 2.33. The number of aromatic nitrogens is 2. The predicted molar refractivity (Wildman–Crippen MR) is 114 cm³/mol. The maximum atomic E-state index is 12.1. The molecule has 29 heavy (non-hydrogen) atoms. The van der Waals surface area contributed by atoms with Crippen molar-refractivity contribution in [2.75, 3.05) is 52.1 Å². The van der Waals surface area contributed by atoms with Gasteiger partial charge in [-0.1, -0.05) is 13.3 Å². The number of carbonyl (C=O) groups excluding carboxylic acids is 1. The van der Waals surface area contributed by atoms with Gasteiger partial charge in [-0.15, -0.1) is 0 Å². The van der Waals surface area contributed by atoms with Crippen molar-refractivity contribution in [3.63, 3.8) is 0 Å². The molecule has 0 aliphatic heterocycles. The number of anilines is 2. The van der Waals surface area contributed by atoms with Gasteiger partial charge in [0.15, 0.2) is 11.5 Å². The Bertz CT molecular complexity index is 830. The molecule has 0 bridgehead atoms. The first-order chi connectivity index (χ1) is 13.9. The van der Waals surface area contributed by atoms with Crippen LogP contribution in [0.2, 0.25) is 0 Å². The molecule has 0 fully saturated rings. The first-order valence-corrected chi connectivity index (χ1v) is 9.66. The summed E-state index contributed by atoms with van der Waals surface area (Å²) < 4.78 is 15.9. The van der Waals surface area contributed by atoms with Crippen LogP contribution in [0.1, 0.15) is 26.2 Å². The quantitative estimate of drug-likeness (QED) is 0.546. The summed E-state index contributed by atoms with van der Waals surface area (Å²) in [6.45, 7) is 3.22. The number of carbonyl (C=O) groups is 1. The molecule has 1 amide bonds. The van der Waals surface area contributed by atoms with Crippen LogP contribution in [0.15, 0.2) is 12.1 Å². The molecular formula is C20H31N5O4. The van der Waals surface area contributed by atoms with Crippen LogP contribution in [0, 0.1) is 0 Å². The molecule has 2 rings (SSSR count). The summed E-state index contributed by atoms with van der Waals surface area (Å²) in [4.78, 5) is 23.0. The lowest BCUT2D eigenvalue weighted by Crippen LogP contribution is -2.37. The van der Waals surface area contributed by atoms with Gasteiger partial charge in [-0.2, -0.15) is 4.98 Å². The van der Waals surface area contributed by atoms with Gasteiger partial charge in [0, 0.05) is 38.7 Å². The standard InChI is InChI=1S/C20H31N5O4/c1-6-8-15(27-3)19(26)22-9-7-10-25(2)20-23-14-12-17(29-5)16(28-4)11-13(14)18(21)24-20/h11-12,15H,6-10H2,1-5H3,(H,22,26)(H2,21,23,24). The number of hydrogen-bond donors (Lipinski definition) is 2. The average Bonchev–Trinajstić information content (AvgIpc) is 2.73. The summed E-state index contributed by atoms with van der Waals surface area (Å²) >= 11 is 0. The molecule has 0 aliphatic carbocycles. The van der Waals surface area contributed by atoms with E-state index < -0.39 is 6.10 Å². The van der Waals surface area contributed by atoms with Crippen LogP contribution in [0.5, 0.6) is 11.5 Å².